The summed E-state index contributed by atoms with van der Waals surface area (Å²) in [5.41, 5.74) is 2.94. The van der Waals surface area contributed by atoms with Crippen LogP contribution in [0.5, 0.6) is 5.88 Å². The molecule has 3 aromatic rings. The van der Waals surface area contributed by atoms with Crippen LogP contribution in [0.1, 0.15) is 25.0 Å². The van der Waals surface area contributed by atoms with Crippen molar-refractivity contribution in [3.05, 3.63) is 65.4 Å². The molecule has 2 heterocycles. The van der Waals surface area contributed by atoms with E-state index in [1.54, 1.807) is 24.5 Å². The van der Waals surface area contributed by atoms with Crippen LogP contribution in [0.3, 0.4) is 0 Å². The minimum Gasteiger partial charge on any atom is -0.480 e. The third-order valence-electron chi connectivity index (χ3n) is 3.61. The molecule has 140 valence electrons. The zero-order valence-electron chi connectivity index (χ0n) is 16.0. The molecule has 7 nitrogen and oxygen atoms in total. The maximum atomic E-state index is 8.28. The Morgan fingerprint density at radius 2 is 1.81 bits per heavy atom. The Morgan fingerprint density at radius 3 is 2.48 bits per heavy atom. The molecule has 0 spiro atoms. The number of methoxy groups -OCH3 is 1. The number of rotatable bonds is 4. The minimum atomic E-state index is 0.129. The van der Waals surface area contributed by atoms with Crippen molar-refractivity contribution < 1.29 is 4.74 Å². The molecule has 0 aliphatic rings. The summed E-state index contributed by atoms with van der Waals surface area (Å²) in [4.78, 5) is 8.67. The second-order valence-corrected chi connectivity index (χ2v) is 5.58. The Kier molecular flexibility index (Phi) is 6.93. The van der Waals surface area contributed by atoms with Gasteiger partial charge in [0.2, 0.25) is 5.88 Å². The van der Waals surface area contributed by atoms with Gasteiger partial charge in [0.1, 0.15) is 11.3 Å². The Balaban J connectivity index is 0.00000126. The largest absolute Gasteiger partial charge is 0.480 e. The second kappa shape index (κ2) is 9.38. The highest BCUT2D eigenvalue weighted by atomic mass is 16.5. The molecule has 0 radical (unpaired) electrons. The number of aromatic nitrogens is 4. The van der Waals surface area contributed by atoms with Crippen molar-refractivity contribution in [3.63, 3.8) is 0 Å². The van der Waals surface area contributed by atoms with E-state index in [2.05, 4.69) is 15.1 Å². The quantitative estimate of drug-likeness (QED) is 0.548. The molecule has 7 heteroatoms. The summed E-state index contributed by atoms with van der Waals surface area (Å²) in [5.74, 6) is 1.20. The van der Waals surface area contributed by atoms with Crippen LogP contribution in [-0.4, -0.2) is 32.7 Å². The summed E-state index contributed by atoms with van der Waals surface area (Å²) in [6, 6.07) is 10.9. The standard InChI is InChI=1S/C18H18N6O.C2H6/c1-12-10-21-18(22-11-12)14-5-3-4-13(8-14)9-16(20)24-15(19)6-7-17(23-24)25-2;1-2/h3-8,10-11,19-20H,9H2,1-2H3;1-2H3. The van der Waals surface area contributed by atoms with Gasteiger partial charge in [0, 0.05) is 30.4 Å². The molecule has 0 fully saturated rings. The Labute approximate surface area is 158 Å². The second-order valence-electron chi connectivity index (χ2n) is 5.58. The summed E-state index contributed by atoms with van der Waals surface area (Å²) in [7, 11) is 1.50. The van der Waals surface area contributed by atoms with E-state index in [1.807, 2.05) is 45.0 Å². The van der Waals surface area contributed by atoms with E-state index in [0.717, 1.165) is 16.7 Å². The zero-order valence-corrected chi connectivity index (χ0v) is 16.0. The predicted molar refractivity (Wildman–Crippen MR) is 105 cm³/mol. The van der Waals surface area contributed by atoms with Crippen molar-refractivity contribution >= 4 is 5.84 Å². The van der Waals surface area contributed by atoms with Crippen LogP contribution in [0, 0.1) is 17.7 Å². The highest BCUT2D eigenvalue weighted by molar-refractivity contribution is 5.83. The number of nitrogens with one attached hydrogen (secondary N) is 2. The van der Waals surface area contributed by atoms with E-state index in [9.17, 15) is 0 Å². The maximum absolute atomic E-state index is 8.28. The first kappa shape index (κ1) is 20.0. The summed E-state index contributed by atoms with van der Waals surface area (Å²) >= 11 is 0. The van der Waals surface area contributed by atoms with Gasteiger partial charge in [-0.2, -0.15) is 4.68 Å². The van der Waals surface area contributed by atoms with Crippen LogP contribution in [0.15, 0.2) is 48.8 Å². The van der Waals surface area contributed by atoms with Crippen LogP contribution >= 0.6 is 0 Å². The van der Waals surface area contributed by atoms with Crippen LogP contribution in [0.25, 0.3) is 11.4 Å². The topological polar surface area (TPSA) is 101 Å². The van der Waals surface area contributed by atoms with Gasteiger partial charge in [-0.3, -0.25) is 10.8 Å². The molecule has 1 aromatic carbocycles. The van der Waals surface area contributed by atoms with E-state index >= 15 is 0 Å². The van der Waals surface area contributed by atoms with Gasteiger partial charge in [0.15, 0.2) is 5.82 Å². The van der Waals surface area contributed by atoms with Crippen molar-refractivity contribution in [3.8, 4) is 17.3 Å². The smallest absolute Gasteiger partial charge is 0.231 e. The van der Waals surface area contributed by atoms with E-state index in [1.165, 1.54) is 11.8 Å². The lowest BCUT2D eigenvalue weighted by atomic mass is 10.1. The highest BCUT2D eigenvalue weighted by Gasteiger charge is 2.08. The van der Waals surface area contributed by atoms with Crippen LogP contribution in [0.2, 0.25) is 0 Å². The Hall–Kier alpha value is -3.35. The maximum Gasteiger partial charge on any atom is 0.231 e. The fourth-order valence-electron chi connectivity index (χ4n) is 2.35. The zero-order chi connectivity index (χ0) is 19.8. The highest BCUT2D eigenvalue weighted by Crippen LogP contribution is 2.16. The molecule has 0 saturated carbocycles. The molecule has 0 aliphatic carbocycles. The normalized spacial score (nSPS) is 9.93. The number of ether oxygens (including phenoxy) is 1. The molecule has 2 N–H and O–H groups in total. The molecule has 0 saturated heterocycles. The SMILES string of the molecule is CC.COc1ccc(=N)n(C(=N)Cc2cccc(-c3ncc(C)cn3)c2)n1. The Morgan fingerprint density at radius 1 is 1.11 bits per heavy atom. The lowest BCUT2D eigenvalue weighted by molar-refractivity contribution is 0.386. The molecule has 3 rings (SSSR count). The first-order valence-corrected chi connectivity index (χ1v) is 8.71. The van der Waals surface area contributed by atoms with Gasteiger partial charge in [-0.1, -0.05) is 32.0 Å². The average molecular weight is 364 g/mol. The molecule has 27 heavy (non-hydrogen) atoms. The van der Waals surface area contributed by atoms with Crippen LogP contribution in [-0.2, 0) is 6.42 Å². The van der Waals surface area contributed by atoms with Gasteiger partial charge in [-0.05, 0) is 30.2 Å². The number of nitrogens with zero attached hydrogens (tertiary/aromatic N) is 4. The number of aryl methyl sites for hydroxylation is 1. The number of hydrogen-bond donors (Lipinski definition) is 2. The molecule has 0 amide bonds. The summed E-state index contributed by atoms with van der Waals surface area (Å²) in [5, 5.41) is 20.3. The molecular weight excluding hydrogens is 340 g/mol. The van der Waals surface area contributed by atoms with E-state index in [4.69, 9.17) is 15.6 Å². The van der Waals surface area contributed by atoms with Gasteiger partial charge in [0.05, 0.1) is 7.11 Å². The van der Waals surface area contributed by atoms with Crippen LogP contribution < -0.4 is 10.2 Å². The third kappa shape index (κ3) is 5.07. The third-order valence-corrected chi connectivity index (χ3v) is 3.61. The van der Waals surface area contributed by atoms with Crippen molar-refractivity contribution in [1.82, 2.24) is 19.7 Å². The fourth-order valence-corrected chi connectivity index (χ4v) is 2.35. The predicted octanol–water partition coefficient (Wildman–Crippen LogP) is 3.23. The van der Waals surface area contributed by atoms with Gasteiger partial charge in [0.25, 0.3) is 0 Å². The van der Waals surface area contributed by atoms with E-state index in [0.29, 0.717) is 18.1 Å². The minimum absolute atomic E-state index is 0.129. The molecule has 0 bridgehead atoms. The van der Waals surface area contributed by atoms with Crippen LogP contribution in [0.4, 0.5) is 0 Å². The first-order valence-electron chi connectivity index (χ1n) is 8.71. The van der Waals surface area contributed by atoms with Gasteiger partial charge in [-0.25, -0.2) is 9.97 Å². The van der Waals surface area contributed by atoms with E-state index in [-0.39, 0.29) is 11.3 Å². The first-order chi connectivity index (χ1) is 13.1. The lowest BCUT2D eigenvalue weighted by Gasteiger charge is -2.09. The summed E-state index contributed by atoms with van der Waals surface area (Å²) in [6.07, 6.45) is 3.88. The molecule has 0 atom stereocenters. The molecule has 2 aromatic heterocycles. The van der Waals surface area contributed by atoms with Crippen molar-refractivity contribution in [2.24, 2.45) is 0 Å². The van der Waals surface area contributed by atoms with Gasteiger partial charge >= 0.3 is 0 Å². The monoisotopic (exact) mass is 364 g/mol. The lowest BCUT2D eigenvalue weighted by Crippen LogP contribution is -2.30. The molecular formula is C20H24N6O. The van der Waals surface area contributed by atoms with Gasteiger partial charge < -0.3 is 4.74 Å². The number of hydrogen-bond acceptors (Lipinski definition) is 6. The Bertz CT molecular complexity index is 963. The summed E-state index contributed by atoms with van der Waals surface area (Å²) in [6.45, 7) is 5.94. The van der Waals surface area contributed by atoms with Crippen molar-refractivity contribution in [2.45, 2.75) is 27.2 Å². The fraction of sp³-hybridized carbons (Fsp3) is 0.250. The summed E-state index contributed by atoms with van der Waals surface area (Å²) < 4.78 is 6.33. The van der Waals surface area contributed by atoms with Crippen molar-refractivity contribution in [2.75, 3.05) is 7.11 Å². The molecule has 0 unspecified atom stereocenters. The molecule has 0 aliphatic heterocycles. The van der Waals surface area contributed by atoms with E-state index < -0.39 is 0 Å². The number of benzene rings is 1. The average Bonchev–Trinajstić information content (AvgIpc) is 2.70. The van der Waals surface area contributed by atoms with Crippen molar-refractivity contribution in [1.29, 1.82) is 10.8 Å². The van der Waals surface area contributed by atoms with Gasteiger partial charge in [-0.15, -0.1) is 5.10 Å².